The number of nitrogens with zero attached hydrogens (tertiary/aromatic N) is 3. The highest BCUT2D eigenvalue weighted by atomic mass is 16.5. The Hall–Kier alpha value is -2.54. The lowest BCUT2D eigenvalue weighted by Crippen LogP contribution is -3.14. The predicted octanol–water partition coefficient (Wildman–Crippen LogP) is -2.29. The second kappa shape index (κ2) is 7.47. The van der Waals surface area contributed by atoms with E-state index in [9.17, 15) is 30.1 Å². The van der Waals surface area contributed by atoms with Crippen LogP contribution in [0, 0.1) is 19.1 Å². The van der Waals surface area contributed by atoms with Gasteiger partial charge in [0.15, 0.2) is 5.84 Å². The highest BCUT2D eigenvalue weighted by molar-refractivity contribution is 6.70. The molecule has 150 valence electrons. The summed E-state index contributed by atoms with van der Waals surface area (Å²) in [6.07, 6.45) is -4.86. The number of amidine groups is 1. The number of rotatable bonds is 5. The van der Waals surface area contributed by atoms with Gasteiger partial charge >= 0.3 is 11.9 Å². The van der Waals surface area contributed by atoms with E-state index in [0.29, 0.717) is 11.4 Å². The smallest absolute Gasteiger partial charge is 0.450 e. The lowest BCUT2D eigenvalue weighted by molar-refractivity contribution is -0.665. The van der Waals surface area contributed by atoms with Crippen molar-refractivity contribution in [1.82, 2.24) is 0 Å². The molecule has 2 aliphatic heterocycles. The number of imide groups is 1. The summed E-state index contributed by atoms with van der Waals surface area (Å²) in [6.45, 7) is 2.51. The Morgan fingerprint density at radius 2 is 1.75 bits per heavy atom. The molecule has 0 aliphatic carbocycles. The zero-order valence-corrected chi connectivity index (χ0v) is 15.2. The van der Waals surface area contributed by atoms with Crippen LogP contribution in [0.15, 0.2) is 22.1 Å². The number of aliphatic hydroxyl groups excluding tert-OH is 4. The molecule has 0 bridgehead atoms. The molecule has 1 unspecified atom stereocenters. The number of carbonyl (C=O) groups is 2. The number of anilines is 1. The molecule has 3 amide bonds. The summed E-state index contributed by atoms with van der Waals surface area (Å²) in [4.78, 5) is 33.2. The van der Waals surface area contributed by atoms with Gasteiger partial charge in [0.1, 0.15) is 18.3 Å². The number of hydrogen-bond acceptors (Lipinski definition) is 9. The number of fused-ring (bicyclic) bond motifs is 2. The summed E-state index contributed by atoms with van der Waals surface area (Å²) in [7, 11) is 0. The summed E-state index contributed by atoms with van der Waals surface area (Å²) >= 11 is 0. The number of urea groups is 1. The molecule has 2 heterocycles. The second-order valence-electron chi connectivity index (χ2n) is 6.70. The Bertz CT molecular complexity index is 898. The Kier molecular flexibility index (Phi) is 5.39. The van der Waals surface area contributed by atoms with E-state index in [2.05, 4.69) is 9.98 Å². The molecule has 0 radical (unpaired) electrons. The average molecular weight is 392 g/mol. The maximum atomic E-state index is 12.3. The summed E-state index contributed by atoms with van der Waals surface area (Å²) < 4.78 is 0. The Labute approximate surface area is 159 Å². The first kappa shape index (κ1) is 20.2. The van der Waals surface area contributed by atoms with Crippen molar-refractivity contribution in [2.45, 2.75) is 32.2 Å². The molecule has 2 aliphatic rings. The number of amides is 3. The van der Waals surface area contributed by atoms with E-state index < -0.39 is 41.9 Å². The first-order valence-electron chi connectivity index (χ1n) is 8.50. The molecule has 11 heteroatoms. The van der Waals surface area contributed by atoms with E-state index in [1.807, 2.05) is 13.8 Å². The minimum Gasteiger partial charge on any atom is -0.617 e. The second-order valence-corrected chi connectivity index (χ2v) is 6.70. The molecule has 4 atom stereocenters. The summed E-state index contributed by atoms with van der Waals surface area (Å²) in [5, 5.41) is 49.2. The van der Waals surface area contributed by atoms with E-state index in [-0.39, 0.29) is 18.1 Å². The number of nitrogens with one attached hydrogen (secondary N) is 1. The highest BCUT2D eigenvalue weighted by Crippen LogP contribution is 2.36. The summed E-state index contributed by atoms with van der Waals surface area (Å²) in [6, 6.07) is 2.14. The normalized spacial score (nSPS) is 22.1. The van der Waals surface area contributed by atoms with Gasteiger partial charge in [0.05, 0.1) is 24.5 Å². The van der Waals surface area contributed by atoms with Gasteiger partial charge in [0.2, 0.25) is 5.71 Å². The van der Waals surface area contributed by atoms with Crippen molar-refractivity contribution in [2.75, 3.05) is 18.1 Å². The maximum absolute atomic E-state index is 12.3. The molecule has 0 fully saturated rings. The molecule has 1 aromatic carbocycles. The molecule has 0 aromatic heterocycles. The standard InChI is InChI=1S/C17H20N4O7/c1-7-3-9-10(4-8(7)2)20(5-11(23)14(25)12(24)6-22)15-13(18-9)16(26)21(28)17(27)19-15/h3-4,11-12,14,21-25H,5-6H2,1-2H3/t11-,12+,14-/m1/s1. The molecule has 28 heavy (non-hydrogen) atoms. The van der Waals surface area contributed by atoms with Crippen LogP contribution in [0.4, 0.5) is 16.2 Å². The quantitative estimate of drug-likeness (QED) is 0.349. The fourth-order valence-corrected chi connectivity index (χ4v) is 2.97. The number of aliphatic imine (C=N–C) groups is 2. The van der Waals surface area contributed by atoms with Crippen LogP contribution in [0.5, 0.6) is 0 Å². The molecule has 0 spiro atoms. The average Bonchev–Trinajstić information content (AvgIpc) is 2.67. The third-order valence-corrected chi connectivity index (χ3v) is 4.75. The van der Waals surface area contributed by atoms with Crippen molar-refractivity contribution in [3.05, 3.63) is 28.5 Å². The van der Waals surface area contributed by atoms with Gasteiger partial charge in [-0.3, -0.25) is 0 Å². The van der Waals surface area contributed by atoms with Gasteiger partial charge < -0.3 is 30.5 Å². The van der Waals surface area contributed by atoms with Gasteiger partial charge in [-0.1, -0.05) is 0 Å². The van der Waals surface area contributed by atoms with Gasteiger partial charge in [-0.25, -0.2) is 19.6 Å². The monoisotopic (exact) mass is 392 g/mol. The van der Waals surface area contributed by atoms with E-state index in [1.54, 1.807) is 12.1 Å². The minimum atomic E-state index is -1.69. The zero-order chi connectivity index (χ0) is 20.7. The molecule has 11 nitrogen and oxygen atoms in total. The SMILES string of the molecule is Cc1cc2c(cc1C)N(C[C@@H](O)[C@@H](O)[C@@H](O)CO)C1=NC(=O)[NH+]([O-])C(=O)C1=N2. The Morgan fingerprint density at radius 1 is 1.11 bits per heavy atom. The first-order valence-corrected chi connectivity index (χ1v) is 8.50. The van der Waals surface area contributed by atoms with E-state index >= 15 is 0 Å². The van der Waals surface area contributed by atoms with Crippen LogP contribution in [0.2, 0.25) is 0 Å². The van der Waals surface area contributed by atoms with Crippen LogP contribution in [0.1, 0.15) is 11.1 Å². The van der Waals surface area contributed by atoms with Crippen molar-refractivity contribution in [3.63, 3.8) is 0 Å². The van der Waals surface area contributed by atoms with Crippen LogP contribution in [-0.4, -0.2) is 75.4 Å². The van der Waals surface area contributed by atoms with Crippen LogP contribution in [0.25, 0.3) is 0 Å². The zero-order valence-electron chi connectivity index (χ0n) is 15.2. The number of hydroxylamine groups is 2. The van der Waals surface area contributed by atoms with Gasteiger partial charge in [-0.05, 0) is 37.1 Å². The van der Waals surface area contributed by atoms with Crippen molar-refractivity contribution in [1.29, 1.82) is 0 Å². The number of quaternary nitrogens is 1. The number of aryl methyl sites for hydroxylation is 2. The number of carbonyl (C=O) groups excluding carboxylic acids is 2. The summed E-state index contributed by atoms with van der Waals surface area (Å²) in [5.41, 5.74) is 2.13. The van der Waals surface area contributed by atoms with Crippen LogP contribution in [0.3, 0.4) is 0 Å². The van der Waals surface area contributed by atoms with Gasteiger partial charge in [0.25, 0.3) is 0 Å². The van der Waals surface area contributed by atoms with Crippen LogP contribution >= 0.6 is 0 Å². The Balaban J connectivity index is 2.10. The van der Waals surface area contributed by atoms with Crippen molar-refractivity contribution in [3.8, 4) is 0 Å². The minimum absolute atomic E-state index is 0.213. The van der Waals surface area contributed by atoms with Crippen molar-refractivity contribution < 1.29 is 35.1 Å². The predicted molar refractivity (Wildman–Crippen MR) is 97.6 cm³/mol. The third kappa shape index (κ3) is 3.35. The molecular weight excluding hydrogens is 372 g/mol. The topological polar surface area (TPSA) is 171 Å². The first-order chi connectivity index (χ1) is 13.1. The van der Waals surface area contributed by atoms with Crippen molar-refractivity contribution in [2.24, 2.45) is 9.98 Å². The third-order valence-electron chi connectivity index (χ3n) is 4.75. The highest BCUT2D eigenvalue weighted by Gasteiger charge is 2.42. The van der Waals surface area contributed by atoms with E-state index in [0.717, 1.165) is 11.1 Å². The van der Waals surface area contributed by atoms with Crippen LogP contribution < -0.4 is 9.96 Å². The molecule has 3 rings (SSSR count). The van der Waals surface area contributed by atoms with E-state index in [1.165, 1.54) is 4.90 Å². The van der Waals surface area contributed by atoms with Gasteiger partial charge in [-0.15, -0.1) is 4.99 Å². The fourth-order valence-electron chi connectivity index (χ4n) is 2.97. The number of hydrogen-bond donors (Lipinski definition) is 5. The molecule has 0 saturated heterocycles. The molecule has 1 aromatic rings. The number of aliphatic hydroxyl groups is 4. The van der Waals surface area contributed by atoms with E-state index in [4.69, 9.17) is 5.11 Å². The maximum Gasteiger partial charge on any atom is 0.450 e. The molecular formula is C17H20N4O7. The van der Waals surface area contributed by atoms with Crippen molar-refractivity contribution >= 4 is 34.9 Å². The lowest BCUT2D eigenvalue weighted by atomic mass is 10.0. The summed E-state index contributed by atoms with van der Waals surface area (Å²) in [5.74, 6) is -1.32. The number of benzene rings is 1. The van der Waals surface area contributed by atoms with Gasteiger partial charge in [0, 0.05) is 0 Å². The lowest BCUT2D eigenvalue weighted by Gasteiger charge is -2.36. The largest absolute Gasteiger partial charge is 0.617 e. The molecule has 0 saturated carbocycles. The molecule has 5 N–H and O–H groups in total. The number of β-amino-alcohol motifs (C(OH)–C–C–N with tert-alkyl or cyclic N) is 1. The fraction of sp³-hybridized carbons (Fsp3) is 0.412. The van der Waals surface area contributed by atoms with Gasteiger partial charge in [-0.2, -0.15) is 0 Å². The van der Waals surface area contributed by atoms with Crippen LogP contribution in [-0.2, 0) is 4.79 Å². The Morgan fingerprint density at radius 3 is 2.39 bits per heavy atom.